The molecule has 0 spiro atoms. The molecule has 0 atom stereocenters. The Morgan fingerprint density at radius 3 is 2.70 bits per heavy atom. The predicted octanol–water partition coefficient (Wildman–Crippen LogP) is 2.17. The Morgan fingerprint density at radius 1 is 1.26 bits per heavy atom. The van der Waals surface area contributed by atoms with Gasteiger partial charge in [0.05, 0.1) is 17.8 Å². The molecule has 27 heavy (non-hydrogen) atoms. The van der Waals surface area contributed by atoms with Gasteiger partial charge in [-0.05, 0) is 17.7 Å². The smallest absolute Gasteiger partial charge is 0.406 e. The number of rotatable bonds is 4. The van der Waals surface area contributed by atoms with E-state index in [1.54, 1.807) is 11.0 Å². The van der Waals surface area contributed by atoms with Crippen LogP contribution in [0.1, 0.15) is 5.56 Å². The molecule has 0 unspecified atom stereocenters. The van der Waals surface area contributed by atoms with E-state index < -0.39 is 11.9 Å². The van der Waals surface area contributed by atoms with Gasteiger partial charge in [-0.2, -0.15) is 5.10 Å². The molecule has 1 saturated heterocycles. The van der Waals surface area contributed by atoms with Gasteiger partial charge in [0, 0.05) is 19.6 Å². The van der Waals surface area contributed by atoms with Crippen LogP contribution in [0, 0.1) is 0 Å². The van der Waals surface area contributed by atoms with Gasteiger partial charge in [-0.3, -0.25) is 9.59 Å². The van der Waals surface area contributed by atoms with Crippen LogP contribution in [0.3, 0.4) is 0 Å². The highest BCUT2D eigenvalue weighted by molar-refractivity contribution is 6.33. The molecular weight excluding hydrogens is 389 g/mol. The molecule has 2 aromatic rings. The third-order valence-corrected chi connectivity index (χ3v) is 4.20. The number of H-pyrrole nitrogens is 1. The molecule has 3 rings (SSSR count). The second kappa shape index (κ2) is 7.47. The van der Waals surface area contributed by atoms with Crippen molar-refractivity contribution in [2.45, 2.75) is 12.9 Å². The highest BCUT2D eigenvalue weighted by atomic mass is 35.5. The first-order valence-corrected chi connectivity index (χ1v) is 8.21. The van der Waals surface area contributed by atoms with Gasteiger partial charge < -0.3 is 14.5 Å². The van der Waals surface area contributed by atoms with Gasteiger partial charge in [0.25, 0.3) is 5.56 Å². The standard InChI is InChI=1S/C16H14ClF3N4O3/c17-12-7-21-22-15(26)14(12)24-5-4-23(13(25)9-24)8-10-2-1-3-11(6-10)27-16(18,19)20/h1-3,6-7H,4-5,8-9H2,(H,22,26). The van der Waals surface area contributed by atoms with Crippen molar-refractivity contribution in [3.8, 4) is 5.75 Å². The van der Waals surface area contributed by atoms with Crippen molar-refractivity contribution in [3.63, 3.8) is 0 Å². The van der Waals surface area contributed by atoms with Crippen molar-refractivity contribution >= 4 is 23.2 Å². The van der Waals surface area contributed by atoms with Gasteiger partial charge in [-0.1, -0.05) is 23.7 Å². The summed E-state index contributed by atoms with van der Waals surface area (Å²) in [6.07, 6.45) is -3.50. The summed E-state index contributed by atoms with van der Waals surface area (Å²) in [7, 11) is 0. The number of anilines is 1. The Balaban J connectivity index is 1.68. The summed E-state index contributed by atoms with van der Waals surface area (Å²) in [4.78, 5) is 27.4. The lowest BCUT2D eigenvalue weighted by molar-refractivity contribution is -0.274. The van der Waals surface area contributed by atoms with Gasteiger partial charge in [0.1, 0.15) is 11.4 Å². The Hall–Kier alpha value is -2.75. The molecule has 1 aromatic carbocycles. The highest BCUT2D eigenvalue weighted by Gasteiger charge is 2.31. The van der Waals surface area contributed by atoms with E-state index >= 15 is 0 Å². The van der Waals surface area contributed by atoms with Crippen LogP contribution >= 0.6 is 11.6 Å². The number of carbonyl (C=O) groups is 1. The zero-order valence-corrected chi connectivity index (χ0v) is 14.5. The Labute approximate surface area is 156 Å². The van der Waals surface area contributed by atoms with E-state index in [0.29, 0.717) is 12.1 Å². The second-order valence-corrected chi connectivity index (χ2v) is 6.23. The first-order valence-electron chi connectivity index (χ1n) is 7.83. The summed E-state index contributed by atoms with van der Waals surface area (Å²) in [5, 5.41) is 5.98. The van der Waals surface area contributed by atoms with E-state index in [9.17, 15) is 22.8 Å². The maximum absolute atomic E-state index is 12.4. The predicted molar refractivity (Wildman–Crippen MR) is 90.6 cm³/mol. The number of piperazine rings is 1. The fraction of sp³-hybridized carbons (Fsp3) is 0.312. The number of alkyl halides is 3. The molecule has 1 N–H and O–H groups in total. The van der Waals surface area contributed by atoms with Crippen molar-refractivity contribution in [2.75, 3.05) is 24.5 Å². The number of nitrogens with zero attached hydrogens (tertiary/aromatic N) is 3. The molecule has 2 heterocycles. The SMILES string of the molecule is O=C1CN(c2c(Cl)cn[nH]c2=O)CCN1Cc1cccc(OC(F)(F)F)c1. The topological polar surface area (TPSA) is 78.5 Å². The summed E-state index contributed by atoms with van der Waals surface area (Å²) in [5.74, 6) is -0.628. The van der Waals surface area contributed by atoms with Gasteiger partial charge in [0.2, 0.25) is 5.91 Å². The van der Waals surface area contributed by atoms with Crippen molar-refractivity contribution in [1.82, 2.24) is 15.1 Å². The van der Waals surface area contributed by atoms with Crippen LogP contribution in [0.2, 0.25) is 5.02 Å². The minimum atomic E-state index is -4.78. The molecule has 1 aliphatic heterocycles. The molecule has 0 radical (unpaired) electrons. The number of hydrogen-bond acceptors (Lipinski definition) is 5. The van der Waals surface area contributed by atoms with Gasteiger partial charge in [0.15, 0.2) is 0 Å². The zero-order valence-electron chi connectivity index (χ0n) is 13.8. The molecule has 1 aromatic heterocycles. The number of aromatic amines is 1. The molecule has 0 saturated carbocycles. The molecule has 1 fully saturated rings. The third kappa shape index (κ3) is 4.70. The maximum Gasteiger partial charge on any atom is 0.573 e. The monoisotopic (exact) mass is 402 g/mol. The number of benzene rings is 1. The summed E-state index contributed by atoms with van der Waals surface area (Å²) in [6, 6.07) is 5.45. The van der Waals surface area contributed by atoms with Crippen molar-refractivity contribution in [1.29, 1.82) is 0 Å². The molecule has 11 heteroatoms. The third-order valence-electron chi connectivity index (χ3n) is 3.93. The first-order chi connectivity index (χ1) is 12.7. The van der Waals surface area contributed by atoms with Crippen molar-refractivity contribution < 1.29 is 22.7 Å². The number of amides is 1. The molecule has 1 aliphatic rings. The number of halogens is 4. The number of nitrogens with one attached hydrogen (secondary N) is 1. The van der Waals surface area contributed by atoms with E-state index in [1.165, 1.54) is 29.3 Å². The number of hydrogen-bond donors (Lipinski definition) is 1. The summed E-state index contributed by atoms with van der Waals surface area (Å²) in [6.45, 7) is 0.673. The Bertz CT molecular complexity index is 903. The van der Waals surface area contributed by atoms with Crippen molar-refractivity contribution in [2.24, 2.45) is 0 Å². The van der Waals surface area contributed by atoms with E-state index in [2.05, 4.69) is 14.9 Å². The van der Waals surface area contributed by atoms with Crippen LogP contribution in [-0.4, -0.2) is 47.0 Å². The fourth-order valence-electron chi connectivity index (χ4n) is 2.79. The van der Waals surface area contributed by atoms with Crippen LogP contribution in [0.25, 0.3) is 0 Å². The van der Waals surface area contributed by atoms with Crippen LogP contribution in [0.5, 0.6) is 5.75 Å². The van der Waals surface area contributed by atoms with Gasteiger partial charge in [-0.25, -0.2) is 5.10 Å². The van der Waals surface area contributed by atoms with E-state index in [-0.39, 0.29) is 42.0 Å². The highest BCUT2D eigenvalue weighted by Crippen LogP contribution is 2.25. The minimum absolute atomic E-state index is 0.0778. The quantitative estimate of drug-likeness (QED) is 0.848. The number of aromatic nitrogens is 2. The fourth-order valence-corrected chi connectivity index (χ4v) is 3.05. The van der Waals surface area contributed by atoms with Gasteiger partial charge in [-0.15, -0.1) is 13.2 Å². The van der Waals surface area contributed by atoms with E-state index in [0.717, 1.165) is 0 Å². The second-order valence-electron chi connectivity index (χ2n) is 5.83. The number of carbonyl (C=O) groups excluding carboxylic acids is 1. The van der Waals surface area contributed by atoms with Crippen molar-refractivity contribution in [3.05, 3.63) is 51.4 Å². The lowest BCUT2D eigenvalue weighted by Gasteiger charge is -2.35. The molecule has 1 amide bonds. The minimum Gasteiger partial charge on any atom is -0.406 e. The van der Waals surface area contributed by atoms with Crippen LogP contribution in [0.15, 0.2) is 35.3 Å². The first kappa shape index (κ1) is 19.0. The molecular formula is C16H14ClF3N4O3. The van der Waals surface area contributed by atoms with Gasteiger partial charge >= 0.3 is 6.36 Å². The Kier molecular flexibility index (Phi) is 5.26. The maximum atomic E-state index is 12.4. The lowest BCUT2D eigenvalue weighted by atomic mass is 10.1. The average Bonchev–Trinajstić information content (AvgIpc) is 2.56. The number of ether oxygens (including phenoxy) is 1. The summed E-state index contributed by atoms with van der Waals surface area (Å²) in [5.41, 5.74) is 0.166. The average molecular weight is 403 g/mol. The normalized spacial score (nSPS) is 15.2. The van der Waals surface area contributed by atoms with Crippen LogP contribution < -0.4 is 15.2 Å². The molecule has 144 valence electrons. The lowest BCUT2D eigenvalue weighted by Crippen LogP contribution is -2.51. The van der Waals surface area contributed by atoms with E-state index in [1.807, 2.05) is 0 Å². The zero-order chi connectivity index (χ0) is 19.6. The summed E-state index contributed by atoms with van der Waals surface area (Å²) < 4.78 is 40.9. The molecule has 0 aliphatic carbocycles. The Morgan fingerprint density at radius 2 is 2.04 bits per heavy atom. The van der Waals surface area contributed by atoms with Crippen LogP contribution in [0.4, 0.5) is 18.9 Å². The molecule has 0 bridgehead atoms. The van der Waals surface area contributed by atoms with Crippen LogP contribution in [-0.2, 0) is 11.3 Å². The molecule has 7 nitrogen and oxygen atoms in total. The van der Waals surface area contributed by atoms with E-state index in [4.69, 9.17) is 11.6 Å². The summed E-state index contributed by atoms with van der Waals surface area (Å²) >= 11 is 5.99. The largest absolute Gasteiger partial charge is 0.573 e.